The fourth-order valence-electron chi connectivity index (χ4n) is 2.71. The third-order valence-electron chi connectivity index (χ3n) is 4.04. The molecule has 0 bridgehead atoms. The Bertz CT molecular complexity index is 1200. The third kappa shape index (κ3) is 3.86. The number of nitrogens with one attached hydrogen (secondary N) is 1. The average Bonchev–Trinajstić information content (AvgIpc) is 3.18. The van der Waals surface area contributed by atoms with E-state index in [1.165, 1.54) is 11.3 Å². The molecule has 0 fully saturated rings. The lowest BCUT2D eigenvalue weighted by Crippen LogP contribution is -2.12. The highest BCUT2D eigenvalue weighted by Crippen LogP contribution is 2.36. The Balaban J connectivity index is 1.56. The van der Waals surface area contributed by atoms with Crippen molar-refractivity contribution in [3.8, 4) is 0 Å². The van der Waals surface area contributed by atoms with E-state index in [0.29, 0.717) is 31.5 Å². The normalized spacial score (nSPS) is 11.1. The van der Waals surface area contributed by atoms with E-state index >= 15 is 0 Å². The number of hydrogen-bond acceptors (Lipinski definition) is 3. The van der Waals surface area contributed by atoms with Crippen LogP contribution in [0.25, 0.3) is 10.1 Å². The van der Waals surface area contributed by atoms with E-state index in [0.717, 1.165) is 15.6 Å². The Morgan fingerprint density at radius 2 is 1.86 bits per heavy atom. The van der Waals surface area contributed by atoms with Gasteiger partial charge in [-0.3, -0.25) is 9.48 Å². The molecule has 28 heavy (non-hydrogen) atoms. The van der Waals surface area contributed by atoms with Gasteiger partial charge in [0.2, 0.25) is 0 Å². The summed E-state index contributed by atoms with van der Waals surface area (Å²) in [5.74, 6) is -0.104. The molecule has 9 heteroatoms. The van der Waals surface area contributed by atoms with E-state index in [1.807, 2.05) is 30.3 Å². The number of anilines is 1. The molecule has 1 N–H and O–H groups in total. The molecule has 0 aliphatic rings. The summed E-state index contributed by atoms with van der Waals surface area (Å²) in [6.07, 6.45) is 1.62. The number of fused-ring (bicyclic) bond motifs is 1. The van der Waals surface area contributed by atoms with Gasteiger partial charge in [-0.05, 0) is 23.8 Å². The molecule has 0 spiro atoms. The first-order valence-corrected chi connectivity index (χ1v) is 10.4. The van der Waals surface area contributed by atoms with Gasteiger partial charge < -0.3 is 5.32 Å². The van der Waals surface area contributed by atoms with E-state index in [-0.39, 0.29) is 11.7 Å². The van der Waals surface area contributed by atoms with E-state index in [4.69, 9.17) is 46.4 Å². The van der Waals surface area contributed by atoms with Gasteiger partial charge in [0.1, 0.15) is 9.90 Å². The van der Waals surface area contributed by atoms with E-state index in [2.05, 4.69) is 10.4 Å². The summed E-state index contributed by atoms with van der Waals surface area (Å²) in [5.41, 5.74) is 0.829. The molecule has 0 saturated carbocycles. The predicted octanol–water partition coefficient (Wildman–Crippen LogP) is 7.01. The number of hydrogen-bond donors (Lipinski definition) is 1. The SMILES string of the molecule is O=C(Nc1nn(Cc2ccc(Cl)cc2Cl)cc1Cl)c1sc2ccccc2c1Cl. The number of carbonyl (C=O) groups excluding carboxylic acids is 1. The number of benzene rings is 2. The molecular formula is C19H11Cl4N3OS. The quantitative estimate of drug-likeness (QED) is 0.348. The molecule has 4 nitrogen and oxygen atoms in total. The van der Waals surface area contributed by atoms with Crippen molar-refractivity contribution in [1.29, 1.82) is 0 Å². The van der Waals surface area contributed by atoms with Crippen LogP contribution in [0.5, 0.6) is 0 Å². The first-order valence-electron chi connectivity index (χ1n) is 8.07. The van der Waals surface area contributed by atoms with Gasteiger partial charge in [0.25, 0.3) is 5.91 Å². The standard InChI is InChI=1S/C19H11Cl4N3OS/c20-11-6-5-10(13(21)7-11)8-26-9-14(22)18(25-26)24-19(27)17-16(23)12-3-1-2-4-15(12)28-17/h1-7,9H,8H2,(H,24,25,27). The Morgan fingerprint density at radius 3 is 2.61 bits per heavy atom. The molecule has 2 aromatic carbocycles. The van der Waals surface area contributed by atoms with Crippen LogP contribution in [0.2, 0.25) is 20.1 Å². The van der Waals surface area contributed by atoms with Crippen LogP contribution in [-0.2, 0) is 6.54 Å². The maximum absolute atomic E-state index is 12.7. The molecule has 0 aliphatic carbocycles. The molecule has 0 radical (unpaired) electrons. The summed E-state index contributed by atoms with van der Waals surface area (Å²) in [5, 5.41) is 9.73. The number of carbonyl (C=O) groups is 1. The highest BCUT2D eigenvalue weighted by molar-refractivity contribution is 7.21. The van der Waals surface area contributed by atoms with Gasteiger partial charge >= 0.3 is 0 Å². The van der Waals surface area contributed by atoms with Crippen LogP contribution in [0.1, 0.15) is 15.2 Å². The van der Waals surface area contributed by atoms with E-state index in [9.17, 15) is 4.79 Å². The zero-order valence-electron chi connectivity index (χ0n) is 14.0. The van der Waals surface area contributed by atoms with Crippen molar-refractivity contribution in [2.75, 3.05) is 5.32 Å². The highest BCUT2D eigenvalue weighted by Gasteiger charge is 2.19. The van der Waals surface area contributed by atoms with Gasteiger partial charge in [0.15, 0.2) is 5.82 Å². The maximum Gasteiger partial charge on any atom is 0.268 e. The molecule has 4 rings (SSSR count). The molecule has 0 saturated heterocycles. The topological polar surface area (TPSA) is 46.9 Å². The molecule has 0 aliphatic heterocycles. The summed E-state index contributed by atoms with van der Waals surface area (Å²) < 4.78 is 2.53. The number of thiophene rings is 1. The number of rotatable bonds is 4. The molecule has 142 valence electrons. The zero-order valence-corrected chi connectivity index (χ0v) is 17.9. The van der Waals surface area contributed by atoms with Crippen LogP contribution < -0.4 is 5.32 Å². The fourth-order valence-corrected chi connectivity index (χ4v) is 4.79. The largest absolute Gasteiger partial charge is 0.303 e. The van der Waals surface area contributed by atoms with Crippen LogP contribution in [0.3, 0.4) is 0 Å². The maximum atomic E-state index is 12.7. The van der Waals surface area contributed by atoms with Gasteiger partial charge in [-0.15, -0.1) is 11.3 Å². The zero-order chi connectivity index (χ0) is 19.8. The molecule has 2 heterocycles. The average molecular weight is 471 g/mol. The summed E-state index contributed by atoms with van der Waals surface area (Å²) in [6.45, 7) is 0.384. The Kier molecular flexibility index (Phi) is 5.54. The van der Waals surface area contributed by atoms with Crippen LogP contribution in [-0.4, -0.2) is 15.7 Å². The van der Waals surface area contributed by atoms with E-state index < -0.39 is 0 Å². The van der Waals surface area contributed by atoms with Crippen molar-refractivity contribution in [3.05, 3.63) is 79.2 Å². The lowest BCUT2D eigenvalue weighted by Gasteiger charge is -2.05. The number of amides is 1. The van der Waals surface area contributed by atoms with Gasteiger partial charge in [0, 0.05) is 26.3 Å². The Hall–Kier alpha value is -1.76. The molecule has 0 unspecified atom stereocenters. The number of nitrogens with zero attached hydrogens (tertiary/aromatic N) is 2. The van der Waals surface area contributed by atoms with Crippen LogP contribution in [0, 0.1) is 0 Å². The van der Waals surface area contributed by atoms with Crippen molar-refractivity contribution in [2.45, 2.75) is 6.54 Å². The van der Waals surface area contributed by atoms with Crippen molar-refractivity contribution < 1.29 is 4.79 Å². The van der Waals surface area contributed by atoms with Crippen LogP contribution >= 0.6 is 57.7 Å². The fraction of sp³-hybridized carbons (Fsp3) is 0.0526. The van der Waals surface area contributed by atoms with Crippen molar-refractivity contribution >= 4 is 79.6 Å². The Morgan fingerprint density at radius 1 is 1.07 bits per heavy atom. The van der Waals surface area contributed by atoms with Gasteiger partial charge in [-0.25, -0.2) is 0 Å². The minimum Gasteiger partial charge on any atom is -0.303 e. The summed E-state index contributed by atoms with van der Waals surface area (Å²) in [6, 6.07) is 12.8. The molecule has 2 aromatic heterocycles. The third-order valence-corrected chi connectivity index (χ3v) is 6.58. The predicted molar refractivity (Wildman–Crippen MR) is 118 cm³/mol. The summed E-state index contributed by atoms with van der Waals surface area (Å²) in [7, 11) is 0. The van der Waals surface area contributed by atoms with Gasteiger partial charge in [-0.2, -0.15) is 5.10 Å². The van der Waals surface area contributed by atoms with Gasteiger partial charge in [-0.1, -0.05) is 70.7 Å². The second-order valence-corrected chi connectivity index (χ2v) is 8.64. The van der Waals surface area contributed by atoms with Gasteiger partial charge in [0.05, 0.1) is 11.6 Å². The monoisotopic (exact) mass is 469 g/mol. The van der Waals surface area contributed by atoms with E-state index in [1.54, 1.807) is 23.0 Å². The second-order valence-electron chi connectivity index (χ2n) is 5.95. The molecular weight excluding hydrogens is 460 g/mol. The van der Waals surface area contributed by atoms with Crippen molar-refractivity contribution in [3.63, 3.8) is 0 Å². The Labute approximate surface area is 184 Å². The van der Waals surface area contributed by atoms with Crippen molar-refractivity contribution in [2.24, 2.45) is 0 Å². The van der Waals surface area contributed by atoms with Crippen molar-refractivity contribution in [1.82, 2.24) is 9.78 Å². The number of halogens is 4. The van der Waals surface area contributed by atoms with Crippen LogP contribution in [0.15, 0.2) is 48.7 Å². The lowest BCUT2D eigenvalue weighted by atomic mass is 10.2. The molecule has 4 aromatic rings. The van der Waals surface area contributed by atoms with Crippen LogP contribution in [0.4, 0.5) is 5.82 Å². The summed E-state index contributed by atoms with van der Waals surface area (Å²) in [4.78, 5) is 13.1. The first-order chi connectivity index (χ1) is 13.4. The smallest absolute Gasteiger partial charge is 0.268 e. The molecule has 1 amide bonds. The minimum atomic E-state index is -0.358. The summed E-state index contributed by atoms with van der Waals surface area (Å²) >= 11 is 26.1. The number of aromatic nitrogens is 2. The minimum absolute atomic E-state index is 0.255. The highest BCUT2D eigenvalue weighted by atomic mass is 35.5. The second kappa shape index (κ2) is 7.93. The first kappa shape index (κ1) is 19.6. The molecule has 0 atom stereocenters. The lowest BCUT2D eigenvalue weighted by molar-refractivity contribution is 0.103.